The lowest BCUT2D eigenvalue weighted by molar-refractivity contribution is -0.145. The van der Waals surface area contributed by atoms with Crippen LogP contribution in [-0.4, -0.2) is 29.8 Å². The Labute approximate surface area is 132 Å². The molecule has 1 aliphatic heterocycles. The third-order valence-electron chi connectivity index (χ3n) is 3.97. The Morgan fingerprint density at radius 3 is 2.04 bits per heavy atom. The van der Waals surface area contributed by atoms with Gasteiger partial charge >= 0.3 is 6.18 Å². The third-order valence-corrected chi connectivity index (χ3v) is 3.97. The first-order valence-electron chi connectivity index (χ1n) is 7.40. The summed E-state index contributed by atoms with van der Waals surface area (Å²) < 4.78 is 37.5. The van der Waals surface area contributed by atoms with Gasteiger partial charge in [0.05, 0.1) is 5.56 Å². The van der Waals surface area contributed by atoms with E-state index in [4.69, 9.17) is 0 Å². The first kappa shape index (κ1) is 17.3. The van der Waals surface area contributed by atoms with Crippen LogP contribution in [0, 0.1) is 5.41 Å². The van der Waals surface area contributed by atoms with Crippen LogP contribution >= 0.6 is 0 Å². The minimum absolute atomic E-state index is 0.227. The van der Waals surface area contributed by atoms with E-state index in [9.17, 15) is 22.8 Å². The molecule has 1 N–H and O–H groups in total. The van der Waals surface area contributed by atoms with Gasteiger partial charge in [-0.25, -0.2) is 0 Å². The summed E-state index contributed by atoms with van der Waals surface area (Å²) in [6, 6.07) is 4.14. The Morgan fingerprint density at radius 1 is 1.04 bits per heavy atom. The fraction of sp³-hybridized carbons (Fsp3) is 0.500. The van der Waals surface area contributed by atoms with Crippen molar-refractivity contribution in [2.75, 3.05) is 18.4 Å². The minimum atomic E-state index is -4.42. The molecule has 2 amide bonds. The Balaban J connectivity index is 2.06. The zero-order valence-corrected chi connectivity index (χ0v) is 13.0. The quantitative estimate of drug-likeness (QED) is 0.866. The van der Waals surface area contributed by atoms with Gasteiger partial charge in [0.15, 0.2) is 0 Å². The van der Waals surface area contributed by atoms with E-state index in [0.717, 1.165) is 25.0 Å². The number of halogens is 3. The first-order valence-corrected chi connectivity index (χ1v) is 7.40. The maximum atomic E-state index is 12.5. The number of carbonyl (C=O) groups is 2. The number of nitrogens with zero attached hydrogens (tertiary/aromatic N) is 1. The molecule has 1 saturated heterocycles. The van der Waals surface area contributed by atoms with E-state index in [2.05, 4.69) is 5.32 Å². The predicted molar refractivity (Wildman–Crippen MR) is 79.7 cm³/mol. The lowest BCUT2D eigenvalue weighted by atomic mass is 9.90. The highest BCUT2D eigenvalue weighted by Crippen LogP contribution is 2.30. The van der Waals surface area contributed by atoms with E-state index in [0.29, 0.717) is 13.1 Å². The molecule has 0 unspecified atom stereocenters. The molecule has 0 radical (unpaired) electrons. The fourth-order valence-electron chi connectivity index (χ4n) is 2.44. The van der Waals surface area contributed by atoms with Crippen LogP contribution in [0.15, 0.2) is 24.3 Å². The molecule has 0 bridgehead atoms. The molecule has 1 aromatic rings. The van der Waals surface area contributed by atoms with Crippen LogP contribution in [0.3, 0.4) is 0 Å². The molecule has 7 heteroatoms. The van der Waals surface area contributed by atoms with Crippen molar-refractivity contribution in [3.8, 4) is 0 Å². The smallest absolute Gasteiger partial charge is 0.342 e. The average Bonchev–Trinajstić information content (AvgIpc) is 3.00. The molecule has 0 atom stereocenters. The second-order valence-corrected chi connectivity index (χ2v) is 6.15. The van der Waals surface area contributed by atoms with E-state index in [1.165, 1.54) is 26.0 Å². The van der Waals surface area contributed by atoms with Crippen LogP contribution < -0.4 is 5.32 Å². The summed E-state index contributed by atoms with van der Waals surface area (Å²) in [5.41, 5.74) is -1.83. The predicted octanol–water partition coefficient (Wildman–Crippen LogP) is 3.29. The van der Waals surface area contributed by atoms with Crippen LogP contribution in [0.2, 0.25) is 0 Å². The van der Waals surface area contributed by atoms with Gasteiger partial charge in [-0.3, -0.25) is 9.59 Å². The summed E-state index contributed by atoms with van der Waals surface area (Å²) in [5, 5.41) is 2.51. The average molecular weight is 328 g/mol. The van der Waals surface area contributed by atoms with Gasteiger partial charge in [-0.05, 0) is 51.0 Å². The molecule has 2 rings (SSSR count). The summed E-state index contributed by atoms with van der Waals surface area (Å²) in [4.78, 5) is 26.4. The van der Waals surface area contributed by atoms with Gasteiger partial charge in [-0.1, -0.05) is 0 Å². The molecular formula is C16H19F3N2O2. The van der Waals surface area contributed by atoms with Crippen LogP contribution in [-0.2, 0) is 15.8 Å². The number of alkyl halides is 3. The number of likely N-dealkylation sites (tertiary alicyclic amines) is 1. The molecule has 126 valence electrons. The molecule has 0 aliphatic carbocycles. The van der Waals surface area contributed by atoms with Crippen LogP contribution in [0.25, 0.3) is 0 Å². The molecule has 23 heavy (non-hydrogen) atoms. The summed E-state index contributed by atoms with van der Waals surface area (Å²) in [6.07, 6.45) is -2.59. The summed E-state index contributed by atoms with van der Waals surface area (Å²) in [7, 11) is 0. The number of nitrogens with one attached hydrogen (secondary N) is 1. The van der Waals surface area contributed by atoms with E-state index in [-0.39, 0.29) is 11.6 Å². The molecule has 1 fully saturated rings. The third kappa shape index (κ3) is 3.83. The summed E-state index contributed by atoms with van der Waals surface area (Å²) in [6.45, 7) is 4.31. The standard InChI is InChI=1S/C16H19F3N2O2/c1-15(2,14(23)21-9-3-4-10-21)13(22)20-12-7-5-11(6-8-12)16(17,18)19/h5-8H,3-4,9-10H2,1-2H3,(H,20,22). The molecule has 0 aromatic heterocycles. The largest absolute Gasteiger partial charge is 0.416 e. The number of benzene rings is 1. The van der Waals surface area contributed by atoms with Gasteiger partial charge in [-0.2, -0.15) is 13.2 Å². The number of hydrogen-bond acceptors (Lipinski definition) is 2. The molecule has 4 nitrogen and oxygen atoms in total. The van der Waals surface area contributed by atoms with Gasteiger partial charge in [0, 0.05) is 18.8 Å². The maximum absolute atomic E-state index is 12.5. The van der Waals surface area contributed by atoms with E-state index in [1.807, 2.05) is 0 Å². The lowest BCUT2D eigenvalue weighted by Gasteiger charge is -2.28. The second-order valence-electron chi connectivity index (χ2n) is 6.15. The molecule has 0 saturated carbocycles. The molecule has 1 aromatic carbocycles. The molecule has 0 spiro atoms. The normalized spacial score (nSPS) is 15.6. The van der Waals surface area contributed by atoms with Crippen molar-refractivity contribution in [2.24, 2.45) is 5.41 Å². The number of amides is 2. The fourth-order valence-corrected chi connectivity index (χ4v) is 2.44. The van der Waals surface area contributed by atoms with Crippen molar-refractivity contribution in [3.05, 3.63) is 29.8 Å². The molecule has 1 heterocycles. The van der Waals surface area contributed by atoms with Gasteiger partial charge in [0.1, 0.15) is 5.41 Å². The van der Waals surface area contributed by atoms with Gasteiger partial charge in [-0.15, -0.1) is 0 Å². The Hall–Kier alpha value is -2.05. The number of hydrogen-bond donors (Lipinski definition) is 1. The first-order chi connectivity index (χ1) is 10.6. The van der Waals surface area contributed by atoms with Crippen molar-refractivity contribution in [1.29, 1.82) is 0 Å². The van der Waals surface area contributed by atoms with Crippen molar-refractivity contribution in [3.63, 3.8) is 0 Å². The van der Waals surface area contributed by atoms with Crippen LogP contribution in [0.5, 0.6) is 0 Å². The SMILES string of the molecule is CC(C)(C(=O)Nc1ccc(C(F)(F)F)cc1)C(=O)N1CCCC1. The highest BCUT2D eigenvalue weighted by atomic mass is 19.4. The van der Waals surface area contributed by atoms with E-state index < -0.39 is 23.1 Å². The van der Waals surface area contributed by atoms with Crippen LogP contribution in [0.1, 0.15) is 32.3 Å². The Bertz CT molecular complexity index is 588. The monoisotopic (exact) mass is 328 g/mol. The highest BCUT2D eigenvalue weighted by molar-refractivity contribution is 6.09. The number of anilines is 1. The lowest BCUT2D eigenvalue weighted by Crippen LogP contribution is -2.46. The second kappa shape index (κ2) is 6.22. The van der Waals surface area contributed by atoms with E-state index in [1.54, 1.807) is 4.90 Å². The summed E-state index contributed by atoms with van der Waals surface area (Å²) >= 11 is 0. The molecular weight excluding hydrogens is 309 g/mol. The summed E-state index contributed by atoms with van der Waals surface area (Å²) in [5.74, 6) is -0.798. The zero-order chi connectivity index (χ0) is 17.3. The van der Waals surface area contributed by atoms with Gasteiger partial charge in [0.25, 0.3) is 0 Å². The van der Waals surface area contributed by atoms with Gasteiger partial charge < -0.3 is 10.2 Å². The number of carbonyl (C=O) groups excluding carboxylic acids is 2. The zero-order valence-electron chi connectivity index (χ0n) is 13.0. The highest BCUT2D eigenvalue weighted by Gasteiger charge is 2.40. The molecule has 1 aliphatic rings. The van der Waals surface area contributed by atoms with Gasteiger partial charge in [0.2, 0.25) is 11.8 Å². The minimum Gasteiger partial charge on any atom is -0.342 e. The van der Waals surface area contributed by atoms with Crippen molar-refractivity contribution in [1.82, 2.24) is 4.90 Å². The number of rotatable bonds is 3. The topological polar surface area (TPSA) is 49.4 Å². The maximum Gasteiger partial charge on any atom is 0.416 e. The van der Waals surface area contributed by atoms with Crippen molar-refractivity contribution >= 4 is 17.5 Å². The Morgan fingerprint density at radius 2 is 1.57 bits per heavy atom. The Kier molecular flexibility index (Phi) is 4.68. The van der Waals surface area contributed by atoms with E-state index >= 15 is 0 Å². The van der Waals surface area contributed by atoms with Crippen molar-refractivity contribution < 1.29 is 22.8 Å². The van der Waals surface area contributed by atoms with Crippen LogP contribution in [0.4, 0.5) is 18.9 Å². The van der Waals surface area contributed by atoms with Crippen molar-refractivity contribution in [2.45, 2.75) is 32.9 Å².